The fourth-order valence-electron chi connectivity index (χ4n) is 2.44. The van der Waals surface area contributed by atoms with Crippen molar-refractivity contribution in [2.75, 3.05) is 0 Å². The Balaban J connectivity index is 1.82. The van der Waals surface area contributed by atoms with Crippen LogP contribution < -0.4 is 4.80 Å². The molecular formula is C16H17N3O2S. The molecule has 0 atom stereocenters. The smallest absolute Gasteiger partial charge is 0.248 e. The fraction of sp³-hybridized carbons (Fsp3) is 0.312. The van der Waals surface area contributed by atoms with E-state index >= 15 is 0 Å². The standard InChI is InChI=1S/C16H17N3O2S/c1-10-12(11(2)21-18-10)8-9-15(20)17-16-19(3)13-6-4-5-7-14(13)22-16/h4-7H,8-9H2,1-3H3. The topological polar surface area (TPSA) is 60.4 Å². The third-order valence-electron chi connectivity index (χ3n) is 3.71. The van der Waals surface area contributed by atoms with Crippen LogP contribution in [-0.2, 0) is 18.3 Å². The molecule has 2 aromatic heterocycles. The first-order valence-electron chi connectivity index (χ1n) is 7.10. The summed E-state index contributed by atoms with van der Waals surface area (Å²) in [7, 11) is 1.93. The first kappa shape index (κ1) is 14.7. The molecule has 5 nitrogen and oxygen atoms in total. The summed E-state index contributed by atoms with van der Waals surface area (Å²) in [5.74, 6) is 0.653. The van der Waals surface area contributed by atoms with Gasteiger partial charge in [-0.05, 0) is 32.4 Å². The van der Waals surface area contributed by atoms with Crippen molar-refractivity contribution in [3.63, 3.8) is 0 Å². The summed E-state index contributed by atoms with van der Waals surface area (Å²) in [4.78, 5) is 17.1. The van der Waals surface area contributed by atoms with Gasteiger partial charge in [0.1, 0.15) is 5.76 Å². The van der Waals surface area contributed by atoms with Gasteiger partial charge < -0.3 is 9.09 Å². The molecule has 0 aliphatic rings. The number of hydrogen-bond donors (Lipinski definition) is 0. The predicted octanol–water partition coefficient (Wildman–Crippen LogP) is 2.90. The average molecular weight is 315 g/mol. The van der Waals surface area contributed by atoms with Crippen molar-refractivity contribution in [1.29, 1.82) is 0 Å². The normalized spacial score (nSPS) is 12.2. The quantitative estimate of drug-likeness (QED) is 0.746. The Hall–Kier alpha value is -2.21. The zero-order chi connectivity index (χ0) is 15.7. The summed E-state index contributed by atoms with van der Waals surface area (Å²) >= 11 is 1.53. The Kier molecular flexibility index (Phi) is 3.94. The molecule has 3 rings (SSSR count). The van der Waals surface area contributed by atoms with Crippen molar-refractivity contribution >= 4 is 27.5 Å². The van der Waals surface area contributed by atoms with E-state index in [0.29, 0.717) is 12.8 Å². The lowest BCUT2D eigenvalue weighted by atomic mass is 10.1. The van der Waals surface area contributed by atoms with Gasteiger partial charge in [-0.15, -0.1) is 0 Å². The number of hydrogen-bond acceptors (Lipinski definition) is 4. The zero-order valence-electron chi connectivity index (χ0n) is 12.8. The van der Waals surface area contributed by atoms with E-state index in [1.807, 2.05) is 49.7 Å². The van der Waals surface area contributed by atoms with Crippen molar-refractivity contribution in [2.45, 2.75) is 26.7 Å². The molecule has 1 aromatic carbocycles. The molecule has 0 spiro atoms. The molecule has 0 aliphatic carbocycles. The molecule has 0 unspecified atom stereocenters. The molecule has 0 fully saturated rings. The van der Waals surface area contributed by atoms with Gasteiger partial charge in [-0.2, -0.15) is 4.99 Å². The zero-order valence-corrected chi connectivity index (χ0v) is 13.6. The highest BCUT2D eigenvalue weighted by Gasteiger charge is 2.11. The molecule has 2 heterocycles. The van der Waals surface area contributed by atoms with E-state index in [4.69, 9.17) is 4.52 Å². The van der Waals surface area contributed by atoms with E-state index in [-0.39, 0.29) is 5.91 Å². The maximum Gasteiger partial charge on any atom is 0.248 e. The van der Waals surface area contributed by atoms with E-state index in [1.54, 1.807) is 0 Å². The summed E-state index contributed by atoms with van der Waals surface area (Å²) < 4.78 is 8.19. The first-order chi connectivity index (χ1) is 10.6. The molecule has 0 bridgehead atoms. The second-order valence-corrected chi connectivity index (χ2v) is 6.23. The van der Waals surface area contributed by atoms with E-state index in [9.17, 15) is 4.79 Å². The first-order valence-corrected chi connectivity index (χ1v) is 7.92. The van der Waals surface area contributed by atoms with Crippen LogP contribution in [-0.4, -0.2) is 15.6 Å². The highest BCUT2D eigenvalue weighted by atomic mass is 32.1. The minimum Gasteiger partial charge on any atom is -0.361 e. The summed E-state index contributed by atoms with van der Waals surface area (Å²) in [6.45, 7) is 3.75. The van der Waals surface area contributed by atoms with E-state index in [0.717, 1.165) is 32.0 Å². The third kappa shape index (κ3) is 2.74. The molecule has 1 amide bonds. The number of fused-ring (bicyclic) bond motifs is 1. The summed E-state index contributed by atoms with van der Waals surface area (Å²) in [6, 6.07) is 8.03. The van der Waals surface area contributed by atoms with Gasteiger partial charge in [0.05, 0.1) is 15.9 Å². The highest BCUT2D eigenvalue weighted by Crippen LogP contribution is 2.16. The molecule has 3 aromatic rings. The monoisotopic (exact) mass is 315 g/mol. The Morgan fingerprint density at radius 2 is 2.14 bits per heavy atom. The van der Waals surface area contributed by atoms with Gasteiger partial charge >= 0.3 is 0 Å². The molecule has 0 saturated heterocycles. The number of thiazole rings is 1. The van der Waals surface area contributed by atoms with Gasteiger partial charge in [-0.1, -0.05) is 28.6 Å². The van der Waals surface area contributed by atoms with Crippen LogP contribution in [0.1, 0.15) is 23.4 Å². The molecule has 114 valence electrons. The molecule has 0 aliphatic heterocycles. The number of carbonyl (C=O) groups excluding carboxylic acids is 1. The predicted molar refractivity (Wildman–Crippen MR) is 85.7 cm³/mol. The van der Waals surface area contributed by atoms with Crippen molar-refractivity contribution in [2.24, 2.45) is 12.0 Å². The summed E-state index contributed by atoms with van der Waals surface area (Å²) in [5, 5.41) is 3.90. The van der Waals surface area contributed by atoms with Crippen LogP contribution in [0.4, 0.5) is 0 Å². The van der Waals surface area contributed by atoms with Gasteiger partial charge in [-0.3, -0.25) is 4.79 Å². The van der Waals surface area contributed by atoms with Crippen LogP contribution in [0.15, 0.2) is 33.8 Å². The van der Waals surface area contributed by atoms with Gasteiger partial charge in [0.25, 0.3) is 0 Å². The summed E-state index contributed by atoms with van der Waals surface area (Å²) in [6.07, 6.45) is 0.968. The number of carbonyl (C=O) groups is 1. The van der Waals surface area contributed by atoms with Gasteiger partial charge in [0.15, 0.2) is 4.80 Å². The lowest BCUT2D eigenvalue weighted by molar-refractivity contribution is -0.118. The molecule has 0 saturated carbocycles. The maximum atomic E-state index is 12.1. The van der Waals surface area contributed by atoms with Crippen LogP contribution in [0.2, 0.25) is 0 Å². The molecular weight excluding hydrogens is 298 g/mol. The lowest BCUT2D eigenvalue weighted by Gasteiger charge is -1.97. The van der Waals surface area contributed by atoms with Crippen LogP contribution in [0, 0.1) is 13.8 Å². The lowest BCUT2D eigenvalue weighted by Crippen LogP contribution is -2.13. The average Bonchev–Trinajstić information content (AvgIpc) is 2.99. The van der Waals surface area contributed by atoms with Crippen LogP contribution in [0.5, 0.6) is 0 Å². The van der Waals surface area contributed by atoms with Gasteiger partial charge in [0.2, 0.25) is 5.91 Å². The SMILES string of the molecule is Cc1noc(C)c1CCC(=O)N=c1sc2ccccc2n1C. The number of rotatable bonds is 3. The van der Waals surface area contributed by atoms with Crippen LogP contribution in [0.25, 0.3) is 10.2 Å². The van der Waals surface area contributed by atoms with Crippen molar-refractivity contribution in [1.82, 2.24) is 9.72 Å². The minimum atomic E-state index is -0.123. The Bertz CT molecular complexity index is 882. The van der Waals surface area contributed by atoms with Gasteiger partial charge in [0, 0.05) is 19.0 Å². The molecule has 22 heavy (non-hydrogen) atoms. The Morgan fingerprint density at radius 3 is 2.82 bits per heavy atom. The number of benzene rings is 1. The fourth-order valence-corrected chi connectivity index (χ4v) is 3.48. The Labute approximate surface area is 131 Å². The van der Waals surface area contributed by atoms with Crippen molar-refractivity contribution in [3.8, 4) is 0 Å². The van der Waals surface area contributed by atoms with Crippen LogP contribution in [0.3, 0.4) is 0 Å². The largest absolute Gasteiger partial charge is 0.361 e. The van der Waals surface area contributed by atoms with Crippen molar-refractivity contribution in [3.05, 3.63) is 46.1 Å². The second kappa shape index (κ2) is 5.88. The second-order valence-electron chi connectivity index (χ2n) is 5.22. The molecule has 0 radical (unpaired) electrons. The van der Waals surface area contributed by atoms with E-state index in [1.165, 1.54) is 11.3 Å². The van der Waals surface area contributed by atoms with Crippen LogP contribution >= 0.6 is 11.3 Å². The Morgan fingerprint density at radius 1 is 1.36 bits per heavy atom. The number of amides is 1. The number of para-hydroxylation sites is 1. The number of aromatic nitrogens is 2. The van der Waals surface area contributed by atoms with E-state index < -0.39 is 0 Å². The van der Waals surface area contributed by atoms with E-state index in [2.05, 4.69) is 10.1 Å². The van der Waals surface area contributed by atoms with Crippen molar-refractivity contribution < 1.29 is 9.32 Å². The molecule has 0 N–H and O–H groups in total. The molecule has 6 heteroatoms. The maximum absolute atomic E-state index is 12.1. The minimum absolute atomic E-state index is 0.123. The van der Waals surface area contributed by atoms with Gasteiger partial charge in [-0.25, -0.2) is 0 Å². The highest BCUT2D eigenvalue weighted by molar-refractivity contribution is 7.16. The third-order valence-corrected chi connectivity index (χ3v) is 4.82. The number of aryl methyl sites for hydroxylation is 3. The number of nitrogens with zero attached hydrogens (tertiary/aromatic N) is 3. The summed E-state index contributed by atoms with van der Waals surface area (Å²) in [5.41, 5.74) is 2.94.